The first-order valence-electron chi connectivity index (χ1n) is 12.6. The van der Waals surface area contributed by atoms with Crippen LogP contribution in [0.25, 0.3) is 0 Å². The van der Waals surface area contributed by atoms with Gasteiger partial charge in [0.05, 0.1) is 6.10 Å². The van der Waals surface area contributed by atoms with Crippen LogP contribution >= 0.6 is 0 Å². The fourth-order valence-corrected chi connectivity index (χ4v) is 4.82. The molecule has 0 atom stereocenters. The van der Waals surface area contributed by atoms with E-state index in [-0.39, 0.29) is 17.8 Å². The molecule has 1 saturated carbocycles. The molecule has 0 aromatic heterocycles. The molecular weight excluding hydrogens is 443 g/mol. The number of aryl methyl sites for hydroxylation is 1. The van der Waals surface area contributed by atoms with Gasteiger partial charge in [-0.15, -0.1) is 0 Å². The smallest absolute Gasteiger partial charge is 0.293 e. The van der Waals surface area contributed by atoms with Crippen molar-refractivity contribution >= 4 is 17.8 Å². The third-order valence-electron chi connectivity index (χ3n) is 6.81. The number of benzene rings is 2. The highest BCUT2D eigenvalue weighted by atomic mass is 19.1. The van der Waals surface area contributed by atoms with Gasteiger partial charge >= 0.3 is 0 Å². The highest BCUT2D eigenvalue weighted by molar-refractivity contribution is 6.05. The summed E-state index contributed by atoms with van der Waals surface area (Å²) in [6.45, 7) is 5.62. The zero-order chi connectivity index (χ0) is 24.6. The Morgan fingerprint density at radius 3 is 2.46 bits per heavy atom. The number of nitrogens with two attached hydrogens (primary N) is 1. The van der Waals surface area contributed by atoms with E-state index in [1.54, 1.807) is 6.92 Å². The molecule has 186 valence electrons. The number of hydrogen-bond acceptors (Lipinski definition) is 4. The van der Waals surface area contributed by atoms with Crippen LogP contribution in [0.3, 0.4) is 0 Å². The SMILES string of the molecule is Cc1cc(CN2CCN(/C(C=[NH2+])=C(\OC3CCCCC3)C(=O)Nc3ccccc3)CC2)ccc1F. The first-order chi connectivity index (χ1) is 17.0. The predicted molar refractivity (Wildman–Crippen MR) is 136 cm³/mol. The van der Waals surface area contributed by atoms with Crippen molar-refractivity contribution in [3.05, 3.63) is 76.9 Å². The molecule has 0 radical (unpaired) electrons. The average Bonchev–Trinajstić information content (AvgIpc) is 2.88. The van der Waals surface area contributed by atoms with Crippen LogP contribution in [-0.2, 0) is 16.1 Å². The van der Waals surface area contributed by atoms with E-state index in [4.69, 9.17) is 10.1 Å². The van der Waals surface area contributed by atoms with E-state index in [0.29, 0.717) is 17.0 Å². The van der Waals surface area contributed by atoms with Gasteiger partial charge in [-0.1, -0.05) is 36.8 Å². The summed E-state index contributed by atoms with van der Waals surface area (Å²) in [5.74, 6) is -0.153. The summed E-state index contributed by atoms with van der Waals surface area (Å²) in [4.78, 5) is 17.8. The lowest BCUT2D eigenvalue weighted by Gasteiger charge is -2.36. The average molecular weight is 480 g/mol. The van der Waals surface area contributed by atoms with Gasteiger partial charge in [-0.25, -0.2) is 4.39 Å². The van der Waals surface area contributed by atoms with Gasteiger partial charge in [0.25, 0.3) is 5.91 Å². The Morgan fingerprint density at radius 1 is 1.09 bits per heavy atom. The topological polar surface area (TPSA) is 70.4 Å². The van der Waals surface area contributed by atoms with E-state index in [1.165, 1.54) is 18.7 Å². The molecule has 1 amide bonds. The lowest BCUT2D eigenvalue weighted by Crippen LogP contribution is -2.48. The minimum Gasteiger partial charge on any atom is -0.483 e. The largest absolute Gasteiger partial charge is 0.483 e. The van der Waals surface area contributed by atoms with Crippen LogP contribution in [0, 0.1) is 12.7 Å². The summed E-state index contributed by atoms with van der Waals surface area (Å²) in [7, 11) is 0. The second kappa shape index (κ2) is 12.0. The van der Waals surface area contributed by atoms with E-state index < -0.39 is 0 Å². The van der Waals surface area contributed by atoms with Gasteiger partial charge in [-0.2, -0.15) is 0 Å². The molecule has 4 rings (SSSR count). The zero-order valence-electron chi connectivity index (χ0n) is 20.5. The Balaban J connectivity index is 1.48. The molecule has 2 fully saturated rings. The number of nitrogens with zero attached hydrogens (tertiary/aromatic N) is 2. The number of ether oxygens (including phenoxy) is 1. The summed E-state index contributed by atoms with van der Waals surface area (Å²) >= 11 is 0. The van der Waals surface area contributed by atoms with Crippen LogP contribution < -0.4 is 10.7 Å². The summed E-state index contributed by atoms with van der Waals surface area (Å²) < 4.78 is 20.0. The van der Waals surface area contributed by atoms with Gasteiger partial charge in [-0.3, -0.25) is 15.1 Å². The van der Waals surface area contributed by atoms with Crippen molar-refractivity contribution in [2.75, 3.05) is 31.5 Å². The Hall–Kier alpha value is -3.19. The molecule has 0 unspecified atom stereocenters. The maximum Gasteiger partial charge on any atom is 0.293 e. The third-order valence-corrected chi connectivity index (χ3v) is 6.81. The lowest BCUT2D eigenvalue weighted by molar-refractivity contribution is -0.119. The fourth-order valence-electron chi connectivity index (χ4n) is 4.82. The molecule has 2 aromatic carbocycles. The second-order valence-electron chi connectivity index (χ2n) is 9.43. The number of nitrogens with one attached hydrogen (secondary N) is 1. The summed E-state index contributed by atoms with van der Waals surface area (Å²) in [6, 6.07) is 14.7. The van der Waals surface area contributed by atoms with Gasteiger partial charge in [0.15, 0.2) is 6.21 Å². The van der Waals surface area contributed by atoms with Crippen LogP contribution in [0.4, 0.5) is 10.1 Å². The number of carbonyl (C=O) groups excluding carboxylic acids is 1. The van der Waals surface area contributed by atoms with Crippen molar-refractivity contribution in [3.63, 3.8) is 0 Å². The Bertz CT molecular complexity index is 1040. The molecule has 1 saturated heterocycles. The molecule has 1 aliphatic heterocycles. The fraction of sp³-hybridized carbons (Fsp3) is 0.429. The number of piperazine rings is 1. The van der Waals surface area contributed by atoms with Crippen molar-refractivity contribution in [2.24, 2.45) is 0 Å². The van der Waals surface area contributed by atoms with Crippen LogP contribution in [0.5, 0.6) is 0 Å². The van der Waals surface area contributed by atoms with E-state index in [2.05, 4.69) is 15.1 Å². The molecule has 7 heteroatoms. The van der Waals surface area contributed by atoms with E-state index >= 15 is 0 Å². The van der Waals surface area contributed by atoms with Crippen molar-refractivity contribution in [1.82, 2.24) is 9.80 Å². The Kier molecular flexibility index (Phi) is 8.53. The van der Waals surface area contributed by atoms with Gasteiger partial charge in [0, 0.05) is 38.4 Å². The number of hydrogen-bond donors (Lipinski definition) is 2. The molecule has 1 heterocycles. The van der Waals surface area contributed by atoms with Crippen LogP contribution in [0.2, 0.25) is 0 Å². The molecule has 35 heavy (non-hydrogen) atoms. The lowest BCUT2D eigenvalue weighted by atomic mass is 9.98. The quantitative estimate of drug-likeness (QED) is 0.346. The van der Waals surface area contributed by atoms with Crippen molar-refractivity contribution in [1.29, 1.82) is 0 Å². The number of carbonyl (C=O) groups is 1. The predicted octanol–water partition coefficient (Wildman–Crippen LogP) is 3.28. The standard InChI is InChI=1S/C28H35FN4O2/c1-21-18-22(12-13-25(21)29)20-32-14-16-33(17-15-32)26(19-30)27(35-24-10-6-3-7-11-24)28(34)31-23-8-4-2-5-9-23/h2,4-5,8-9,12-13,18-19,24,30H,3,6-7,10-11,14-17,20H2,1H3,(H,31,34)/p+1/b27-26-,30-19?. The van der Waals surface area contributed by atoms with E-state index in [0.717, 1.165) is 69.7 Å². The van der Waals surface area contributed by atoms with Crippen LogP contribution in [-0.4, -0.2) is 54.2 Å². The second-order valence-corrected chi connectivity index (χ2v) is 9.43. The first kappa shape index (κ1) is 24.9. The monoisotopic (exact) mass is 479 g/mol. The molecule has 6 nitrogen and oxygen atoms in total. The first-order valence-corrected chi connectivity index (χ1v) is 12.6. The van der Waals surface area contributed by atoms with Crippen molar-refractivity contribution in [2.45, 2.75) is 51.7 Å². The Morgan fingerprint density at radius 2 is 1.80 bits per heavy atom. The number of amides is 1. The number of allylic oxidation sites excluding steroid dienone is 1. The number of anilines is 1. The molecule has 3 N–H and O–H groups in total. The maximum atomic E-state index is 13.6. The van der Waals surface area contributed by atoms with Crippen LogP contribution in [0.1, 0.15) is 43.2 Å². The maximum absolute atomic E-state index is 13.6. The molecule has 1 aliphatic carbocycles. The molecule has 0 bridgehead atoms. The molecular formula is C28H36FN4O2+. The van der Waals surface area contributed by atoms with Gasteiger partial charge in [0.1, 0.15) is 11.5 Å². The van der Waals surface area contributed by atoms with E-state index in [9.17, 15) is 9.18 Å². The summed E-state index contributed by atoms with van der Waals surface area (Å²) in [5, 5.41) is 9.07. The van der Waals surface area contributed by atoms with Crippen molar-refractivity contribution in [3.8, 4) is 0 Å². The minimum absolute atomic E-state index is 0.0261. The summed E-state index contributed by atoms with van der Waals surface area (Å²) in [5.41, 5.74) is 3.12. The number of para-hydroxylation sites is 1. The summed E-state index contributed by atoms with van der Waals surface area (Å²) in [6.07, 6.45) is 6.86. The molecule has 0 spiro atoms. The van der Waals surface area contributed by atoms with Crippen LogP contribution in [0.15, 0.2) is 60.0 Å². The highest BCUT2D eigenvalue weighted by Crippen LogP contribution is 2.25. The number of rotatable bonds is 8. The normalized spacial score (nSPS) is 18.1. The Labute approximate surface area is 207 Å². The zero-order valence-corrected chi connectivity index (χ0v) is 20.5. The number of halogens is 1. The van der Waals surface area contributed by atoms with Gasteiger partial charge in [-0.05, 0) is 61.9 Å². The third kappa shape index (κ3) is 6.69. The minimum atomic E-state index is -0.275. The van der Waals surface area contributed by atoms with Gasteiger partial charge < -0.3 is 15.0 Å². The molecule has 2 aromatic rings. The van der Waals surface area contributed by atoms with Gasteiger partial charge in [0.2, 0.25) is 5.76 Å². The van der Waals surface area contributed by atoms with Crippen molar-refractivity contribution < 1.29 is 19.3 Å². The van der Waals surface area contributed by atoms with E-state index in [1.807, 2.05) is 42.5 Å². The highest BCUT2D eigenvalue weighted by Gasteiger charge is 2.29. The molecule has 2 aliphatic rings.